The molecular weight excluding hydrogens is 330 g/mol. The summed E-state index contributed by atoms with van der Waals surface area (Å²) in [7, 11) is 0. The smallest absolute Gasteiger partial charge is 0.258 e. The van der Waals surface area contributed by atoms with Crippen LogP contribution in [0.1, 0.15) is 5.76 Å². The number of rotatable bonds is 6. The standard InChI is InChI=1S/C17H14ClN3O3/c18-15-6-2-1-5-14(15)16-8-13(24-21-16)10-20-17(22)11-23-12-4-3-7-19-9-12/h1-9H,10-11H2,(H,20,22). The van der Waals surface area contributed by atoms with E-state index in [0.29, 0.717) is 22.2 Å². The summed E-state index contributed by atoms with van der Waals surface area (Å²) >= 11 is 6.12. The van der Waals surface area contributed by atoms with E-state index in [-0.39, 0.29) is 19.1 Å². The Kier molecular flexibility index (Phi) is 5.08. The highest BCUT2D eigenvalue weighted by Crippen LogP contribution is 2.26. The number of benzene rings is 1. The summed E-state index contributed by atoms with van der Waals surface area (Å²) in [4.78, 5) is 15.7. The number of carbonyl (C=O) groups is 1. The molecule has 0 atom stereocenters. The zero-order valence-electron chi connectivity index (χ0n) is 12.6. The van der Waals surface area contributed by atoms with Gasteiger partial charge in [-0.25, -0.2) is 0 Å². The van der Waals surface area contributed by atoms with E-state index in [2.05, 4.69) is 15.5 Å². The van der Waals surface area contributed by atoms with Crippen molar-refractivity contribution in [1.29, 1.82) is 0 Å². The van der Waals surface area contributed by atoms with Crippen LogP contribution >= 0.6 is 11.6 Å². The average molecular weight is 344 g/mol. The molecular formula is C17H14ClN3O3. The summed E-state index contributed by atoms with van der Waals surface area (Å²) in [6, 6.07) is 12.5. The van der Waals surface area contributed by atoms with Gasteiger partial charge in [0, 0.05) is 17.8 Å². The maximum atomic E-state index is 11.8. The van der Waals surface area contributed by atoms with Gasteiger partial charge in [0.05, 0.1) is 17.8 Å². The van der Waals surface area contributed by atoms with Gasteiger partial charge >= 0.3 is 0 Å². The van der Waals surface area contributed by atoms with E-state index in [1.807, 2.05) is 18.2 Å². The van der Waals surface area contributed by atoms with E-state index >= 15 is 0 Å². The molecule has 0 saturated carbocycles. The summed E-state index contributed by atoms with van der Waals surface area (Å²) in [5, 5.41) is 7.26. The van der Waals surface area contributed by atoms with Gasteiger partial charge in [-0.2, -0.15) is 0 Å². The van der Waals surface area contributed by atoms with Gasteiger partial charge in [0.15, 0.2) is 12.4 Å². The second-order valence-electron chi connectivity index (χ2n) is 4.91. The number of halogens is 1. The number of aromatic nitrogens is 2. The number of amides is 1. The molecule has 3 rings (SSSR count). The first kappa shape index (κ1) is 16.0. The minimum absolute atomic E-state index is 0.1000. The second-order valence-corrected chi connectivity index (χ2v) is 5.32. The van der Waals surface area contributed by atoms with Crippen molar-refractivity contribution in [3.05, 3.63) is 65.6 Å². The van der Waals surface area contributed by atoms with E-state index < -0.39 is 0 Å². The molecule has 3 aromatic rings. The molecule has 1 N–H and O–H groups in total. The van der Waals surface area contributed by atoms with Crippen molar-refractivity contribution in [1.82, 2.24) is 15.5 Å². The van der Waals surface area contributed by atoms with Crippen molar-refractivity contribution in [2.75, 3.05) is 6.61 Å². The van der Waals surface area contributed by atoms with Gasteiger partial charge in [0.25, 0.3) is 5.91 Å². The third-order valence-corrected chi connectivity index (χ3v) is 3.50. The zero-order chi connectivity index (χ0) is 16.8. The van der Waals surface area contributed by atoms with Crippen LogP contribution in [0.15, 0.2) is 59.4 Å². The third kappa shape index (κ3) is 4.11. The molecule has 1 aromatic carbocycles. The molecule has 0 fully saturated rings. The van der Waals surface area contributed by atoms with Gasteiger partial charge in [-0.1, -0.05) is 35.0 Å². The summed E-state index contributed by atoms with van der Waals surface area (Å²) in [5.41, 5.74) is 1.40. The highest BCUT2D eigenvalue weighted by atomic mass is 35.5. The topological polar surface area (TPSA) is 77.2 Å². The Hall–Kier alpha value is -2.86. The van der Waals surface area contributed by atoms with E-state index in [4.69, 9.17) is 20.9 Å². The predicted octanol–water partition coefficient (Wildman–Crippen LogP) is 3.09. The molecule has 0 aliphatic rings. The van der Waals surface area contributed by atoms with Gasteiger partial charge in [-0.05, 0) is 18.2 Å². The fourth-order valence-corrected chi connectivity index (χ4v) is 2.24. The second kappa shape index (κ2) is 7.61. The van der Waals surface area contributed by atoms with Crippen LogP contribution in [0, 0.1) is 0 Å². The van der Waals surface area contributed by atoms with E-state index in [0.717, 1.165) is 5.56 Å². The Labute approximate surface area is 143 Å². The molecule has 0 bridgehead atoms. The molecule has 2 heterocycles. The van der Waals surface area contributed by atoms with Crippen molar-refractivity contribution >= 4 is 17.5 Å². The highest BCUT2D eigenvalue weighted by molar-refractivity contribution is 6.33. The number of hydrogen-bond acceptors (Lipinski definition) is 5. The van der Waals surface area contributed by atoms with Crippen molar-refractivity contribution < 1.29 is 14.1 Å². The summed E-state index contributed by atoms with van der Waals surface area (Å²) in [5.74, 6) is 0.794. The largest absolute Gasteiger partial charge is 0.482 e. The SMILES string of the molecule is O=C(COc1cccnc1)NCc1cc(-c2ccccc2Cl)no1. The normalized spacial score (nSPS) is 10.4. The Morgan fingerprint density at radius 1 is 1.25 bits per heavy atom. The molecule has 7 heteroatoms. The van der Waals surface area contributed by atoms with Crippen molar-refractivity contribution in [3.8, 4) is 17.0 Å². The fraction of sp³-hybridized carbons (Fsp3) is 0.118. The molecule has 6 nitrogen and oxygen atoms in total. The van der Waals surface area contributed by atoms with Gasteiger partial charge in [0.1, 0.15) is 11.4 Å². The van der Waals surface area contributed by atoms with Crippen molar-refractivity contribution in [3.63, 3.8) is 0 Å². The summed E-state index contributed by atoms with van der Waals surface area (Å²) in [6.45, 7) is 0.115. The molecule has 24 heavy (non-hydrogen) atoms. The van der Waals surface area contributed by atoms with Crippen LogP contribution < -0.4 is 10.1 Å². The Balaban J connectivity index is 1.52. The molecule has 0 aliphatic carbocycles. The molecule has 1 amide bonds. The predicted molar refractivity (Wildman–Crippen MR) is 88.5 cm³/mol. The minimum Gasteiger partial charge on any atom is -0.482 e. The van der Waals surface area contributed by atoms with Crippen molar-refractivity contribution in [2.45, 2.75) is 6.54 Å². The van der Waals surface area contributed by atoms with Gasteiger partial charge in [0.2, 0.25) is 0 Å². The number of carbonyl (C=O) groups excluding carboxylic acids is 1. The highest BCUT2D eigenvalue weighted by Gasteiger charge is 2.10. The summed E-state index contributed by atoms with van der Waals surface area (Å²) < 4.78 is 10.5. The Morgan fingerprint density at radius 3 is 2.92 bits per heavy atom. The Morgan fingerprint density at radius 2 is 2.12 bits per heavy atom. The Bertz CT molecular complexity index is 821. The quantitative estimate of drug-likeness (QED) is 0.744. The van der Waals surface area contributed by atoms with Crippen LogP contribution in [0.2, 0.25) is 5.02 Å². The molecule has 0 spiro atoms. The molecule has 0 radical (unpaired) electrons. The lowest BCUT2D eigenvalue weighted by Crippen LogP contribution is -2.28. The van der Waals surface area contributed by atoms with Gasteiger partial charge in [-0.15, -0.1) is 0 Å². The lowest BCUT2D eigenvalue weighted by atomic mass is 10.1. The molecule has 122 valence electrons. The van der Waals surface area contributed by atoms with Crippen LogP contribution in [0.3, 0.4) is 0 Å². The van der Waals surface area contributed by atoms with Gasteiger partial charge in [-0.3, -0.25) is 9.78 Å². The zero-order valence-corrected chi connectivity index (χ0v) is 13.4. The van der Waals surface area contributed by atoms with Crippen molar-refractivity contribution in [2.24, 2.45) is 0 Å². The van der Waals surface area contributed by atoms with Crippen LogP contribution in [0.4, 0.5) is 0 Å². The molecule has 0 saturated heterocycles. The molecule has 0 aliphatic heterocycles. The van der Waals surface area contributed by atoms with E-state index in [1.54, 1.807) is 36.7 Å². The van der Waals surface area contributed by atoms with Gasteiger partial charge < -0.3 is 14.6 Å². The molecule has 2 aromatic heterocycles. The van der Waals surface area contributed by atoms with E-state index in [9.17, 15) is 4.79 Å². The molecule has 0 unspecified atom stereocenters. The third-order valence-electron chi connectivity index (χ3n) is 3.17. The first-order chi connectivity index (χ1) is 11.7. The maximum Gasteiger partial charge on any atom is 0.258 e. The lowest BCUT2D eigenvalue weighted by Gasteiger charge is -2.05. The van der Waals surface area contributed by atoms with Crippen LogP contribution in [0.5, 0.6) is 5.75 Å². The summed E-state index contributed by atoms with van der Waals surface area (Å²) in [6.07, 6.45) is 3.17. The number of ether oxygens (including phenoxy) is 1. The number of nitrogens with zero attached hydrogens (tertiary/aromatic N) is 2. The first-order valence-electron chi connectivity index (χ1n) is 7.22. The maximum absolute atomic E-state index is 11.8. The monoisotopic (exact) mass is 343 g/mol. The lowest BCUT2D eigenvalue weighted by molar-refractivity contribution is -0.123. The van der Waals surface area contributed by atoms with Crippen LogP contribution in [-0.4, -0.2) is 22.7 Å². The average Bonchev–Trinajstić information content (AvgIpc) is 3.08. The van der Waals surface area contributed by atoms with Crippen LogP contribution in [0.25, 0.3) is 11.3 Å². The first-order valence-corrected chi connectivity index (χ1v) is 7.60. The number of pyridine rings is 1. The minimum atomic E-state index is -0.269. The van der Waals surface area contributed by atoms with E-state index in [1.165, 1.54) is 0 Å². The fourth-order valence-electron chi connectivity index (χ4n) is 2.01. The number of nitrogens with one attached hydrogen (secondary N) is 1. The van der Waals surface area contributed by atoms with Crippen LogP contribution in [-0.2, 0) is 11.3 Å². The number of hydrogen-bond donors (Lipinski definition) is 1.